The van der Waals surface area contributed by atoms with Crippen molar-refractivity contribution in [2.24, 2.45) is 0 Å². The molecule has 0 saturated heterocycles. The van der Waals surface area contributed by atoms with Crippen LogP contribution in [0, 0.1) is 0 Å². The van der Waals surface area contributed by atoms with Crippen LogP contribution < -0.4 is 0 Å². The highest BCUT2D eigenvalue weighted by molar-refractivity contribution is 6.22. The number of aryl methyl sites for hydroxylation is 1. The lowest BCUT2D eigenvalue weighted by atomic mass is 9.92. The Hall–Kier alpha value is -6.91. The van der Waals surface area contributed by atoms with Crippen LogP contribution in [0.3, 0.4) is 0 Å². The number of nitrogens with zero attached hydrogens (tertiary/aromatic N) is 3. The van der Waals surface area contributed by atoms with Gasteiger partial charge >= 0.3 is 0 Å². The molecule has 0 unspecified atom stereocenters. The molecule has 1 aliphatic rings. The van der Waals surface area contributed by atoms with Crippen LogP contribution in [-0.4, -0.2) is 15.0 Å². The van der Waals surface area contributed by atoms with Crippen LogP contribution in [-0.2, 0) is 6.42 Å². The summed E-state index contributed by atoms with van der Waals surface area (Å²) >= 11 is 0. The van der Waals surface area contributed by atoms with Gasteiger partial charge < -0.3 is 4.42 Å². The van der Waals surface area contributed by atoms with Gasteiger partial charge in [-0.05, 0) is 92.0 Å². The molecule has 11 rings (SSSR count). The van der Waals surface area contributed by atoms with E-state index in [0.717, 1.165) is 61.6 Å². The van der Waals surface area contributed by atoms with Crippen molar-refractivity contribution in [3.8, 4) is 67.5 Å². The highest BCUT2D eigenvalue weighted by atomic mass is 16.3. The monoisotopic (exact) mass is 705 g/mol. The third-order valence-corrected chi connectivity index (χ3v) is 11.3. The summed E-state index contributed by atoms with van der Waals surface area (Å²) in [5.41, 5.74) is 13.3. The molecule has 1 aliphatic carbocycles. The van der Waals surface area contributed by atoms with Gasteiger partial charge in [0, 0.05) is 33.0 Å². The fraction of sp³-hybridized carbons (Fsp3) is 0.0784. The Labute approximate surface area is 318 Å². The van der Waals surface area contributed by atoms with Gasteiger partial charge in [-0.15, -0.1) is 0 Å². The van der Waals surface area contributed by atoms with Crippen molar-refractivity contribution in [2.45, 2.75) is 26.2 Å². The average molecular weight is 706 g/mol. The van der Waals surface area contributed by atoms with Gasteiger partial charge in [0.25, 0.3) is 0 Å². The molecule has 0 N–H and O–H groups in total. The van der Waals surface area contributed by atoms with Crippen LogP contribution in [0.1, 0.15) is 25.3 Å². The molecule has 10 aromatic rings. The second-order valence-electron chi connectivity index (χ2n) is 14.6. The Morgan fingerprint density at radius 2 is 1.13 bits per heavy atom. The topological polar surface area (TPSA) is 51.8 Å². The molecule has 0 atom stereocenters. The van der Waals surface area contributed by atoms with E-state index in [1.165, 1.54) is 56.8 Å². The van der Waals surface area contributed by atoms with E-state index < -0.39 is 0 Å². The van der Waals surface area contributed by atoms with Crippen LogP contribution in [0.2, 0.25) is 0 Å². The fourth-order valence-corrected chi connectivity index (χ4v) is 8.57. The molecular formula is C51H35N3O. The van der Waals surface area contributed by atoms with Gasteiger partial charge in [0.1, 0.15) is 11.2 Å². The summed E-state index contributed by atoms with van der Waals surface area (Å²) in [6.45, 7) is 2.26. The summed E-state index contributed by atoms with van der Waals surface area (Å²) in [4.78, 5) is 15.4. The number of rotatable bonds is 7. The van der Waals surface area contributed by atoms with Gasteiger partial charge in [-0.2, -0.15) is 0 Å². The van der Waals surface area contributed by atoms with Crippen molar-refractivity contribution < 1.29 is 4.42 Å². The molecule has 8 aromatic carbocycles. The Balaban J connectivity index is 1.13. The lowest BCUT2D eigenvalue weighted by molar-refractivity contribution is 0.670. The number of hydrogen-bond donors (Lipinski definition) is 0. The lowest BCUT2D eigenvalue weighted by Crippen LogP contribution is -2.00. The van der Waals surface area contributed by atoms with Gasteiger partial charge in [-0.3, -0.25) is 0 Å². The normalized spacial score (nSPS) is 11.9. The van der Waals surface area contributed by atoms with E-state index in [0.29, 0.717) is 17.5 Å². The van der Waals surface area contributed by atoms with E-state index in [4.69, 9.17) is 19.4 Å². The minimum Gasteiger partial charge on any atom is -0.455 e. The molecule has 0 aliphatic heterocycles. The molecule has 0 amide bonds. The summed E-state index contributed by atoms with van der Waals surface area (Å²) in [7, 11) is 0. The summed E-state index contributed by atoms with van der Waals surface area (Å²) in [5, 5.41) is 6.87. The van der Waals surface area contributed by atoms with Crippen LogP contribution >= 0.6 is 0 Å². The third-order valence-electron chi connectivity index (χ3n) is 11.3. The maximum atomic E-state index is 6.85. The zero-order valence-corrected chi connectivity index (χ0v) is 30.4. The predicted molar refractivity (Wildman–Crippen MR) is 227 cm³/mol. The largest absolute Gasteiger partial charge is 0.455 e. The molecule has 4 nitrogen and oxygen atoms in total. The number of benzene rings is 8. The standard InChI is InChI=1S/C51H35N3O/c1-2-3-12-31-21-24-37-39-19-11-18-38-36(25-26-40(46(38)39)44(37)29-31)41-27-28-43(47-42-17-9-10-20-45(42)55-48(41)47)51-53-49(33-14-5-4-6-15-33)52-50(54-51)35-23-22-32-13-7-8-16-34(32)30-35/h4-11,13-30H,2-3,12H2,1H3. The van der Waals surface area contributed by atoms with E-state index in [-0.39, 0.29) is 0 Å². The summed E-state index contributed by atoms with van der Waals surface area (Å²) in [6, 6.07) is 56.0. The van der Waals surface area contributed by atoms with E-state index in [9.17, 15) is 0 Å². The lowest BCUT2D eigenvalue weighted by Gasteiger charge is -2.13. The van der Waals surface area contributed by atoms with E-state index in [2.05, 4.69) is 134 Å². The number of aromatic nitrogens is 3. The van der Waals surface area contributed by atoms with E-state index in [1.54, 1.807) is 0 Å². The second kappa shape index (κ2) is 12.6. The Morgan fingerprint density at radius 3 is 2.02 bits per heavy atom. The van der Waals surface area contributed by atoms with Crippen molar-refractivity contribution >= 4 is 43.5 Å². The molecule has 55 heavy (non-hydrogen) atoms. The van der Waals surface area contributed by atoms with Crippen molar-refractivity contribution in [3.63, 3.8) is 0 Å². The first-order chi connectivity index (χ1) is 27.2. The molecule has 0 saturated carbocycles. The first-order valence-electron chi connectivity index (χ1n) is 19.2. The molecule has 0 spiro atoms. The first kappa shape index (κ1) is 31.6. The molecule has 0 fully saturated rings. The van der Waals surface area contributed by atoms with Crippen molar-refractivity contribution in [3.05, 3.63) is 163 Å². The number of unbranched alkanes of at least 4 members (excludes halogenated alkanes) is 1. The number of hydrogen-bond acceptors (Lipinski definition) is 4. The maximum absolute atomic E-state index is 6.85. The molecule has 2 aromatic heterocycles. The van der Waals surface area contributed by atoms with E-state index in [1.807, 2.05) is 30.3 Å². The van der Waals surface area contributed by atoms with Crippen molar-refractivity contribution in [1.82, 2.24) is 15.0 Å². The van der Waals surface area contributed by atoms with Crippen LogP contribution in [0.5, 0.6) is 0 Å². The number of fused-ring (bicyclic) bond motifs is 7. The fourth-order valence-electron chi connectivity index (χ4n) is 8.57. The van der Waals surface area contributed by atoms with E-state index >= 15 is 0 Å². The van der Waals surface area contributed by atoms with Gasteiger partial charge in [0.05, 0.1) is 0 Å². The number of furan rings is 1. The smallest absolute Gasteiger partial charge is 0.164 e. The second-order valence-corrected chi connectivity index (χ2v) is 14.6. The van der Waals surface area contributed by atoms with Crippen molar-refractivity contribution in [1.29, 1.82) is 0 Å². The summed E-state index contributed by atoms with van der Waals surface area (Å²) in [5.74, 6) is 1.86. The molecular weight excluding hydrogens is 671 g/mol. The van der Waals surface area contributed by atoms with Crippen LogP contribution in [0.4, 0.5) is 0 Å². The quantitative estimate of drug-likeness (QED) is 0.166. The van der Waals surface area contributed by atoms with Gasteiger partial charge in [0.15, 0.2) is 17.5 Å². The SMILES string of the molecule is CCCCc1ccc2c(c1)-c1ccc(-c3ccc(-c4nc(-c5ccccc5)nc(-c5ccc6ccccc6c5)n4)c4c3oc3ccccc34)c3cccc-2c13. The zero-order valence-electron chi connectivity index (χ0n) is 30.4. The minimum absolute atomic E-state index is 0.606. The Kier molecular flexibility index (Phi) is 7.24. The minimum atomic E-state index is 0.606. The average Bonchev–Trinajstić information content (AvgIpc) is 3.80. The third kappa shape index (κ3) is 5.09. The maximum Gasteiger partial charge on any atom is 0.164 e. The van der Waals surface area contributed by atoms with Gasteiger partial charge in [0.2, 0.25) is 0 Å². The van der Waals surface area contributed by atoms with Crippen LogP contribution in [0.25, 0.3) is 111 Å². The van der Waals surface area contributed by atoms with Crippen LogP contribution in [0.15, 0.2) is 162 Å². The highest BCUT2D eigenvalue weighted by Crippen LogP contribution is 2.51. The zero-order chi connectivity index (χ0) is 36.5. The molecule has 2 heterocycles. The predicted octanol–water partition coefficient (Wildman–Crippen LogP) is 13.7. The van der Waals surface area contributed by atoms with Gasteiger partial charge in [-0.1, -0.05) is 147 Å². The van der Waals surface area contributed by atoms with Crippen molar-refractivity contribution in [2.75, 3.05) is 0 Å². The molecule has 0 bridgehead atoms. The Bertz CT molecular complexity index is 3140. The molecule has 4 heteroatoms. The molecule has 260 valence electrons. The first-order valence-corrected chi connectivity index (χ1v) is 19.2. The summed E-state index contributed by atoms with van der Waals surface area (Å²) in [6.07, 6.45) is 3.50. The number of para-hydroxylation sites is 1. The van der Waals surface area contributed by atoms with Gasteiger partial charge in [-0.25, -0.2) is 15.0 Å². The summed E-state index contributed by atoms with van der Waals surface area (Å²) < 4.78 is 6.85. The Morgan fingerprint density at radius 1 is 0.436 bits per heavy atom. The molecule has 0 radical (unpaired) electrons. The highest BCUT2D eigenvalue weighted by Gasteiger charge is 2.26.